The number of unbranched alkanes of at least 4 members (excludes halogenated alkanes) is 1. The van der Waals surface area contributed by atoms with Crippen LogP contribution in [-0.2, 0) is 9.47 Å². The third-order valence-electron chi connectivity index (χ3n) is 4.89. The number of methoxy groups -OCH3 is 3. The quantitative estimate of drug-likeness (QED) is 0.184. The average molecular weight is 536 g/mol. The standard InChI is InChI=1S/C21H36N4O4.HI/c1-22-21(23-8-5-6-10-29-12-11-26-2)24-17-7-9-25(16-17)18-13-19(27-3)15-20(14-18)28-4;/h13-15,17H,5-12,16H2,1-4H3,(H2,22,23,24);1H. The van der Waals surface area contributed by atoms with Gasteiger partial charge in [0.05, 0.1) is 27.4 Å². The van der Waals surface area contributed by atoms with Crippen molar-refractivity contribution in [3.05, 3.63) is 18.2 Å². The number of ether oxygens (including phenoxy) is 4. The van der Waals surface area contributed by atoms with Crippen LogP contribution in [0.3, 0.4) is 0 Å². The molecule has 8 nitrogen and oxygen atoms in total. The van der Waals surface area contributed by atoms with Gasteiger partial charge in [0, 0.05) is 70.3 Å². The average Bonchev–Trinajstić information content (AvgIpc) is 3.22. The molecule has 0 aromatic heterocycles. The van der Waals surface area contributed by atoms with E-state index >= 15 is 0 Å². The van der Waals surface area contributed by atoms with E-state index in [9.17, 15) is 0 Å². The highest BCUT2D eigenvalue weighted by molar-refractivity contribution is 14.0. The number of nitrogens with one attached hydrogen (secondary N) is 2. The molecule has 0 radical (unpaired) electrons. The molecule has 0 saturated carbocycles. The van der Waals surface area contributed by atoms with Crippen LogP contribution in [0, 0.1) is 0 Å². The molecule has 1 aliphatic rings. The minimum absolute atomic E-state index is 0. The van der Waals surface area contributed by atoms with Gasteiger partial charge in [0.1, 0.15) is 11.5 Å². The Morgan fingerprint density at radius 2 is 1.80 bits per heavy atom. The fourth-order valence-electron chi connectivity index (χ4n) is 3.26. The van der Waals surface area contributed by atoms with E-state index in [2.05, 4.69) is 20.5 Å². The van der Waals surface area contributed by atoms with Gasteiger partial charge in [-0.25, -0.2) is 0 Å². The van der Waals surface area contributed by atoms with E-state index in [1.54, 1.807) is 21.3 Å². The Bertz CT molecular complexity index is 611. The molecule has 1 aromatic carbocycles. The maximum Gasteiger partial charge on any atom is 0.191 e. The lowest BCUT2D eigenvalue weighted by Crippen LogP contribution is -2.44. The van der Waals surface area contributed by atoms with Gasteiger partial charge < -0.3 is 34.5 Å². The van der Waals surface area contributed by atoms with Crippen molar-refractivity contribution in [2.24, 2.45) is 4.99 Å². The van der Waals surface area contributed by atoms with Gasteiger partial charge in [0.15, 0.2) is 5.96 Å². The maximum absolute atomic E-state index is 5.48. The summed E-state index contributed by atoms with van der Waals surface area (Å²) in [6.07, 6.45) is 3.10. The minimum Gasteiger partial charge on any atom is -0.497 e. The van der Waals surface area contributed by atoms with Crippen molar-refractivity contribution in [1.29, 1.82) is 0 Å². The molecular formula is C21H37IN4O4. The first-order valence-corrected chi connectivity index (χ1v) is 10.2. The van der Waals surface area contributed by atoms with Crippen LogP contribution in [0.25, 0.3) is 0 Å². The fourth-order valence-corrected chi connectivity index (χ4v) is 3.26. The third kappa shape index (κ3) is 9.13. The van der Waals surface area contributed by atoms with Crippen molar-refractivity contribution in [2.75, 3.05) is 72.7 Å². The normalized spacial score (nSPS) is 16.2. The Morgan fingerprint density at radius 1 is 1.07 bits per heavy atom. The van der Waals surface area contributed by atoms with Crippen LogP contribution in [0.4, 0.5) is 5.69 Å². The molecule has 1 unspecified atom stereocenters. The monoisotopic (exact) mass is 536 g/mol. The summed E-state index contributed by atoms with van der Waals surface area (Å²) in [5.74, 6) is 2.46. The lowest BCUT2D eigenvalue weighted by atomic mass is 10.2. The molecule has 1 fully saturated rings. The summed E-state index contributed by atoms with van der Waals surface area (Å²) in [6, 6.07) is 6.33. The van der Waals surface area contributed by atoms with Gasteiger partial charge in [0.25, 0.3) is 0 Å². The Labute approximate surface area is 197 Å². The van der Waals surface area contributed by atoms with Gasteiger partial charge in [0.2, 0.25) is 0 Å². The second-order valence-corrected chi connectivity index (χ2v) is 6.96. The van der Waals surface area contributed by atoms with Crippen LogP contribution in [0.1, 0.15) is 19.3 Å². The SMILES string of the molecule is CN=C(NCCCCOCCOC)NC1CCN(c2cc(OC)cc(OC)c2)C1.I. The fraction of sp³-hybridized carbons (Fsp3) is 0.667. The molecule has 0 aliphatic carbocycles. The zero-order chi connectivity index (χ0) is 20.9. The molecule has 1 aromatic rings. The Kier molecular flexibility index (Phi) is 13.6. The van der Waals surface area contributed by atoms with E-state index < -0.39 is 0 Å². The number of hydrogen-bond donors (Lipinski definition) is 2. The van der Waals surface area contributed by atoms with Crippen LogP contribution in [0.2, 0.25) is 0 Å². The summed E-state index contributed by atoms with van der Waals surface area (Å²) >= 11 is 0. The van der Waals surface area contributed by atoms with E-state index in [4.69, 9.17) is 18.9 Å². The van der Waals surface area contributed by atoms with Gasteiger partial charge >= 0.3 is 0 Å². The Hall–Kier alpha value is -1.46. The van der Waals surface area contributed by atoms with Gasteiger partial charge in [-0.1, -0.05) is 0 Å². The summed E-state index contributed by atoms with van der Waals surface area (Å²) in [6.45, 7) is 4.82. The second-order valence-electron chi connectivity index (χ2n) is 6.96. The van der Waals surface area contributed by atoms with E-state index in [0.717, 1.165) is 68.6 Å². The van der Waals surface area contributed by atoms with E-state index in [1.165, 1.54) is 0 Å². The highest BCUT2D eigenvalue weighted by Gasteiger charge is 2.24. The summed E-state index contributed by atoms with van der Waals surface area (Å²) in [4.78, 5) is 6.69. The number of hydrogen-bond acceptors (Lipinski definition) is 6. The van der Waals surface area contributed by atoms with Gasteiger partial charge in [-0.05, 0) is 19.3 Å². The first-order valence-electron chi connectivity index (χ1n) is 10.2. The molecule has 1 aliphatic heterocycles. The zero-order valence-corrected chi connectivity index (χ0v) is 20.9. The number of halogens is 1. The lowest BCUT2D eigenvalue weighted by Gasteiger charge is -2.21. The van der Waals surface area contributed by atoms with Crippen LogP contribution in [0.5, 0.6) is 11.5 Å². The molecule has 1 atom stereocenters. The Balaban J connectivity index is 0.00000450. The van der Waals surface area contributed by atoms with Crippen molar-refractivity contribution in [1.82, 2.24) is 10.6 Å². The van der Waals surface area contributed by atoms with Gasteiger partial charge in [-0.15, -0.1) is 24.0 Å². The first-order chi connectivity index (χ1) is 14.2. The minimum atomic E-state index is 0. The largest absolute Gasteiger partial charge is 0.497 e. The Morgan fingerprint density at radius 3 is 2.43 bits per heavy atom. The van der Waals surface area contributed by atoms with Crippen molar-refractivity contribution < 1.29 is 18.9 Å². The predicted molar refractivity (Wildman–Crippen MR) is 132 cm³/mol. The van der Waals surface area contributed by atoms with Crippen LogP contribution >= 0.6 is 24.0 Å². The molecule has 0 spiro atoms. The number of rotatable bonds is 12. The van der Waals surface area contributed by atoms with Crippen molar-refractivity contribution in [3.63, 3.8) is 0 Å². The summed E-state index contributed by atoms with van der Waals surface area (Å²) < 4.78 is 21.2. The van der Waals surface area contributed by atoms with E-state index in [-0.39, 0.29) is 24.0 Å². The molecule has 2 N–H and O–H groups in total. The number of benzene rings is 1. The summed E-state index contributed by atoms with van der Waals surface area (Å²) in [7, 11) is 6.84. The van der Waals surface area contributed by atoms with Crippen molar-refractivity contribution in [3.8, 4) is 11.5 Å². The smallest absolute Gasteiger partial charge is 0.191 e. The van der Waals surface area contributed by atoms with Crippen molar-refractivity contribution >= 4 is 35.6 Å². The number of guanidine groups is 1. The molecule has 172 valence electrons. The first kappa shape index (κ1) is 26.6. The topological polar surface area (TPSA) is 76.6 Å². The molecule has 30 heavy (non-hydrogen) atoms. The summed E-state index contributed by atoms with van der Waals surface area (Å²) in [5, 5.41) is 6.92. The molecule has 9 heteroatoms. The number of anilines is 1. The van der Waals surface area contributed by atoms with E-state index in [0.29, 0.717) is 19.3 Å². The zero-order valence-electron chi connectivity index (χ0n) is 18.6. The molecular weight excluding hydrogens is 499 g/mol. The van der Waals surface area contributed by atoms with Gasteiger partial charge in [-0.2, -0.15) is 0 Å². The second kappa shape index (κ2) is 15.4. The van der Waals surface area contributed by atoms with Crippen LogP contribution in [0.15, 0.2) is 23.2 Å². The lowest BCUT2D eigenvalue weighted by molar-refractivity contribution is 0.0689. The number of aliphatic imine (C=N–C) groups is 1. The molecule has 0 amide bonds. The number of nitrogens with zero attached hydrogens (tertiary/aromatic N) is 2. The summed E-state index contributed by atoms with van der Waals surface area (Å²) in [5.41, 5.74) is 1.11. The highest BCUT2D eigenvalue weighted by Crippen LogP contribution is 2.30. The predicted octanol–water partition coefficient (Wildman–Crippen LogP) is 2.51. The third-order valence-corrected chi connectivity index (χ3v) is 4.89. The highest BCUT2D eigenvalue weighted by atomic mass is 127. The molecule has 1 saturated heterocycles. The maximum atomic E-state index is 5.48. The molecule has 1 heterocycles. The van der Waals surface area contributed by atoms with Crippen LogP contribution in [-0.4, -0.2) is 79.8 Å². The van der Waals surface area contributed by atoms with Crippen molar-refractivity contribution in [2.45, 2.75) is 25.3 Å². The molecule has 0 bridgehead atoms. The van der Waals surface area contributed by atoms with Crippen LogP contribution < -0.4 is 25.0 Å². The van der Waals surface area contributed by atoms with E-state index in [1.807, 2.05) is 25.2 Å². The van der Waals surface area contributed by atoms with Gasteiger partial charge in [-0.3, -0.25) is 4.99 Å². The molecule has 2 rings (SSSR count).